The van der Waals surface area contributed by atoms with Gasteiger partial charge in [0.2, 0.25) is 10.0 Å². The minimum atomic E-state index is -4.58. The maximum atomic E-state index is 12.8. The number of nitrogens with zero attached hydrogens (tertiary/aromatic N) is 1. The van der Waals surface area contributed by atoms with Crippen LogP contribution in [0.1, 0.15) is 19.4 Å². The van der Waals surface area contributed by atoms with Gasteiger partial charge < -0.3 is 0 Å². The molecule has 1 aliphatic heterocycles. The maximum Gasteiger partial charge on any atom is 0.416 e. The molecule has 1 fully saturated rings. The maximum absolute atomic E-state index is 12.8. The van der Waals surface area contributed by atoms with Crippen LogP contribution < -0.4 is 5.48 Å². The Hall–Kier alpha value is -1.30. The zero-order chi connectivity index (χ0) is 19.0. The molecule has 0 aromatic heterocycles. The molecule has 140 valence electrons. The van der Waals surface area contributed by atoms with Crippen molar-refractivity contribution in [1.29, 1.82) is 0 Å². The van der Waals surface area contributed by atoms with Crippen LogP contribution >= 0.6 is 11.8 Å². The topological polar surface area (TPSA) is 86.7 Å². The molecule has 2 rings (SSSR count). The molecule has 0 saturated carbocycles. The summed E-state index contributed by atoms with van der Waals surface area (Å²) < 4.78 is 63.7. The molecule has 25 heavy (non-hydrogen) atoms. The summed E-state index contributed by atoms with van der Waals surface area (Å²) in [6.07, 6.45) is -4.58. The summed E-state index contributed by atoms with van der Waals surface area (Å²) in [5.74, 6) is -0.491. The summed E-state index contributed by atoms with van der Waals surface area (Å²) in [6.45, 7) is 3.31. The van der Waals surface area contributed by atoms with Gasteiger partial charge in [-0.05, 0) is 38.1 Å². The average Bonchev–Trinajstić information content (AvgIpc) is 2.52. The molecular weight excluding hydrogens is 381 g/mol. The third kappa shape index (κ3) is 3.94. The number of carbonyl (C=O) groups excluding carboxylic acids is 1. The zero-order valence-electron chi connectivity index (χ0n) is 13.4. The van der Waals surface area contributed by atoms with E-state index in [-0.39, 0.29) is 11.4 Å². The van der Waals surface area contributed by atoms with E-state index in [0.717, 1.165) is 16.4 Å². The zero-order valence-corrected chi connectivity index (χ0v) is 15.0. The Kier molecular flexibility index (Phi) is 5.43. The van der Waals surface area contributed by atoms with E-state index in [4.69, 9.17) is 5.21 Å². The highest BCUT2D eigenvalue weighted by molar-refractivity contribution is 8.00. The van der Waals surface area contributed by atoms with Crippen molar-refractivity contribution in [2.75, 3.05) is 12.3 Å². The van der Waals surface area contributed by atoms with Gasteiger partial charge in [0.25, 0.3) is 5.91 Å². The summed E-state index contributed by atoms with van der Waals surface area (Å²) in [5, 5.41) is 8.94. The first kappa shape index (κ1) is 20.0. The number of carbonyl (C=O) groups is 1. The van der Waals surface area contributed by atoms with Gasteiger partial charge >= 0.3 is 6.18 Å². The molecule has 0 radical (unpaired) electrons. The Balaban J connectivity index is 2.44. The molecule has 0 bridgehead atoms. The highest BCUT2D eigenvalue weighted by Crippen LogP contribution is 2.38. The van der Waals surface area contributed by atoms with E-state index >= 15 is 0 Å². The molecule has 1 heterocycles. The molecule has 1 atom stereocenters. The third-order valence-electron chi connectivity index (χ3n) is 3.88. The fraction of sp³-hybridized carbons (Fsp3) is 0.500. The molecule has 1 aromatic rings. The van der Waals surface area contributed by atoms with Crippen molar-refractivity contribution in [2.45, 2.75) is 35.7 Å². The quantitative estimate of drug-likeness (QED) is 0.602. The molecule has 1 aliphatic rings. The molecule has 0 spiro atoms. The van der Waals surface area contributed by atoms with Crippen molar-refractivity contribution < 1.29 is 31.6 Å². The largest absolute Gasteiger partial charge is 0.416 e. The highest BCUT2D eigenvalue weighted by Gasteiger charge is 2.48. The Bertz CT molecular complexity index is 748. The number of alkyl halides is 3. The lowest BCUT2D eigenvalue weighted by molar-refractivity contribution is -0.137. The molecule has 1 saturated heterocycles. The van der Waals surface area contributed by atoms with Gasteiger partial charge in [-0.15, -0.1) is 0 Å². The van der Waals surface area contributed by atoms with E-state index in [0.29, 0.717) is 17.9 Å². The standard InChI is InChI=1S/C14H17F3N2O4S2/c1-13(2)11(12(20)18-21)19(7-8-24-13)25(22,23)10-5-3-9(4-6-10)14(15,16)17/h3-6,11,21H,7-8H2,1-2H3,(H,18,20). The number of rotatable bonds is 3. The van der Waals surface area contributed by atoms with Crippen molar-refractivity contribution in [3.05, 3.63) is 29.8 Å². The number of benzene rings is 1. The predicted molar refractivity (Wildman–Crippen MR) is 85.6 cm³/mol. The van der Waals surface area contributed by atoms with E-state index < -0.39 is 38.5 Å². The van der Waals surface area contributed by atoms with Crippen LogP contribution in [0.15, 0.2) is 29.2 Å². The number of nitrogens with one attached hydrogen (secondary N) is 1. The summed E-state index contributed by atoms with van der Waals surface area (Å²) >= 11 is 1.37. The van der Waals surface area contributed by atoms with E-state index in [2.05, 4.69) is 0 Å². The SMILES string of the molecule is CC1(C)SCCN(S(=O)(=O)c2ccc(C(F)(F)F)cc2)C1C(=O)NO. The van der Waals surface area contributed by atoms with E-state index in [1.165, 1.54) is 17.2 Å². The first-order valence-electron chi connectivity index (χ1n) is 7.18. The number of thioether (sulfide) groups is 1. The van der Waals surface area contributed by atoms with Crippen LogP contribution in [0.2, 0.25) is 0 Å². The molecule has 11 heteroatoms. The van der Waals surface area contributed by atoms with Gasteiger partial charge in [-0.25, -0.2) is 13.9 Å². The van der Waals surface area contributed by atoms with Crippen LogP contribution in [0, 0.1) is 0 Å². The number of hydrogen-bond donors (Lipinski definition) is 2. The number of amides is 1. The molecule has 0 aliphatic carbocycles. The number of hydroxylamine groups is 1. The molecule has 1 amide bonds. The van der Waals surface area contributed by atoms with Gasteiger partial charge in [-0.1, -0.05) is 0 Å². The van der Waals surface area contributed by atoms with E-state index in [1.807, 2.05) is 0 Å². The van der Waals surface area contributed by atoms with Crippen molar-refractivity contribution in [2.24, 2.45) is 0 Å². The number of sulfonamides is 1. The predicted octanol–water partition coefficient (Wildman–Crippen LogP) is 2.10. The Morgan fingerprint density at radius 1 is 1.32 bits per heavy atom. The minimum absolute atomic E-state index is 0.00443. The van der Waals surface area contributed by atoms with E-state index in [1.54, 1.807) is 13.8 Å². The minimum Gasteiger partial charge on any atom is -0.289 e. The van der Waals surface area contributed by atoms with Crippen molar-refractivity contribution in [3.63, 3.8) is 0 Å². The average molecular weight is 398 g/mol. The molecule has 2 N–H and O–H groups in total. The fourth-order valence-corrected chi connectivity index (χ4v) is 5.78. The summed E-state index contributed by atoms with van der Waals surface area (Å²) in [5.41, 5.74) is 0.499. The fourth-order valence-electron chi connectivity index (χ4n) is 2.67. The Morgan fingerprint density at radius 2 is 1.88 bits per heavy atom. The second kappa shape index (κ2) is 6.78. The van der Waals surface area contributed by atoms with Gasteiger partial charge in [0, 0.05) is 17.0 Å². The highest BCUT2D eigenvalue weighted by atomic mass is 32.2. The molecule has 6 nitrogen and oxygen atoms in total. The number of halogens is 3. The van der Waals surface area contributed by atoms with Crippen molar-refractivity contribution >= 4 is 27.7 Å². The van der Waals surface area contributed by atoms with Crippen molar-refractivity contribution in [3.8, 4) is 0 Å². The summed E-state index contributed by atoms with van der Waals surface area (Å²) in [4.78, 5) is 11.7. The first-order chi connectivity index (χ1) is 11.4. The Labute approximate surface area is 147 Å². The molecular formula is C14H17F3N2O4S2. The van der Waals surface area contributed by atoms with Crippen LogP contribution in [-0.4, -0.2) is 46.9 Å². The Morgan fingerprint density at radius 3 is 2.36 bits per heavy atom. The second-order valence-corrected chi connectivity index (χ2v) is 9.61. The van der Waals surface area contributed by atoms with Gasteiger partial charge in [0.05, 0.1) is 10.5 Å². The lowest BCUT2D eigenvalue weighted by atomic mass is 10.0. The third-order valence-corrected chi connectivity index (χ3v) is 7.11. The second-order valence-electron chi connectivity index (χ2n) is 5.97. The van der Waals surface area contributed by atoms with Crippen molar-refractivity contribution in [1.82, 2.24) is 9.79 Å². The van der Waals surface area contributed by atoms with Crippen LogP contribution in [0.3, 0.4) is 0 Å². The lowest BCUT2D eigenvalue weighted by Crippen LogP contribution is -2.61. The summed E-state index contributed by atoms with van der Waals surface area (Å²) in [6, 6.07) is 1.88. The summed E-state index contributed by atoms with van der Waals surface area (Å²) in [7, 11) is -4.22. The van der Waals surface area contributed by atoms with Gasteiger partial charge in [-0.3, -0.25) is 10.0 Å². The van der Waals surface area contributed by atoms with Crippen LogP contribution in [0.5, 0.6) is 0 Å². The number of hydrogen-bond acceptors (Lipinski definition) is 5. The van der Waals surface area contributed by atoms with Crippen LogP contribution in [-0.2, 0) is 21.0 Å². The van der Waals surface area contributed by atoms with Crippen LogP contribution in [0.4, 0.5) is 13.2 Å². The first-order valence-corrected chi connectivity index (χ1v) is 9.61. The van der Waals surface area contributed by atoms with Gasteiger partial charge in [0.1, 0.15) is 6.04 Å². The van der Waals surface area contributed by atoms with Gasteiger partial charge in [-0.2, -0.15) is 29.2 Å². The van der Waals surface area contributed by atoms with Crippen LogP contribution in [0.25, 0.3) is 0 Å². The van der Waals surface area contributed by atoms with Gasteiger partial charge in [0.15, 0.2) is 0 Å². The normalized spacial score (nSPS) is 21.8. The molecule has 1 unspecified atom stereocenters. The molecule has 1 aromatic carbocycles. The lowest BCUT2D eigenvalue weighted by Gasteiger charge is -2.43. The van der Waals surface area contributed by atoms with E-state index in [9.17, 15) is 26.4 Å². The smallest absolute Gasteiger partial charge is 0.289 e. The monoisotopic (exact) mass is 398 g/mol.